The van der Waals surface area contributed by atoms with Gasteiger partial charge >= 0.3 is 5.69 Å². The van der Waals surface area contributed by atoms with Gasteiger partial charge in [-0.25, -0.2) is 4.98 Å². The fourth-order valence-electron chi connectivity index (χ4n) is 2.64. The van der Waals surface area contributed by atoms with Crippen LogP contribution in [0.25, 0.3) is 0 Å². The molecule has 1 aliphatic rings. The number of aromatic nitrogens is 2. The lowest BCUT2D eigenvalue weighted by Crippen LogP contribution is -2.35. The Balaban J connectivity index is 2.01. The Labute approximate surface area is 133 Å². The molecule has 120 valence electrons. The molecule has 0 atom stereocenters. The average molecular weight is 328 g/mol. The molecule has 9 heteroatoms. The largest absolute Gasteiger partial charge is 0.361 e. The van der Waals surface area contributed by atoms with Crippen molar-refractivity contribution >= 4 is 29.0 Å². The fraction of sp³-hybridized carbons (Fsp3) is 0.615. The summed E-state index contributed by atoms with van der Waals surface area (Å²) in [4.78, 5) is 31.5. The third-order valence-electron chi connectivity index (χ3n) is 3.79. The minimum absolute atomic E-state index is 0.0250. The summed E-state index contributed by atoms with van der Waals surface area (Å²) in [5, 5.41) is 14.0. The molecule has 0 spiro atoms. The van der Waals surface area contributed by atoms with E-state index in [4.69, 9.17) is 11.6 Å². The smallest absolute Gasteiger partial charge is 0.329 e. The van der Waals surface area contributed by atoms with Gasteiger partial charge in [0.25, 0.3) is 0 Å². The van der Waals surface area contributed by atoms with Gasteiger partial charge in [-0.15, -0.1) is 0 Å². The van der Waals surface area contributed by atoms with Gasteiger partial charge in [-0.1, -0.05) is 0 Å². The van der Waals surface area contributed by atoms with Gasteiger partial charge in [-0.3, -0.25) is 14.9 Å². The summed E-state index contributed by atoms with van der Waals surface area (Å²) in [5.74, 6) is 0.291. The maximum Gasteiger partial charge on any atom is 0.329 e. The summed E-state index contributed by atoms with van der Waals surface area (Å²) >= 11 is 5.70. The first-order valence-electron chi connectivity index (χ1n) is 7.03. The molecule has 8 nitrogen and oxygen atoms in total. The lowest BCUT2D eigenvalue weighted by molar-refractivity contribution is -0.384. The van der Waals surface area contributed by atoms with E-state index in [1.54, 1.807) is 19.0 Å². The first kappa shape index (κ1) is 16.4. The van der Waals surface area contributed by atoms with Gasteiger partial charge in [0.15, 0.2) is 0 Å². The van der Waals surface area contributed by atoms with Crippen molar-refractivity contribution in [1.82, 2.24) is 14.9 Å². The first-order valence-corrected chi connectivity index (χ1v) is 7.41. The van der Waals surface area contributed by atoms with Crippen molar-refractivity contribution in [3.63, 3.8) is 0 Å². The number of amides is 1. The molecule has 2 rings (SSSR count). The molecule has 1 saturated carbocycles. The van der Waals surface area contributed by atoms with Crippen LogP contribution < -0.4 is 5.32 Å². The minimum Gasteiger partial charge on any atom is -0.361 e. The molecular formula is C13H18ClN5O3. The molecular weight excluding hydrogens is 310 g/mol. The standard InChI is InChI=1S/C13H18ClN5O3/c1-18(2)12(20)8-3-5-9(6-4-8)16-11-10(19(21)22)7-15-13(14)17-11/h7-9H,3-6H2,1-2H3,(H,15,16,17). The number of anilines is 1. The van der Waals surface area contributed by atoms with Crippen molar-refractivity contribution in [2.24, 2.45) is 5.92 Å². The summed E-state index contributed by atoms with van der Waals surface area (Å²) in [6, 6.07) is 0.0379. The van der Waals surface area contributed by atoms with E-state index in [-0.39, 0.29) is 34.7 Å². The molecule has 1 aliphatic carbocycles. The number of nitrogens with zero attached hydrogens (tertiary/aromatic N) is 4. The number of rotatable bonds is 4. The van der Waals surface area contributed by atoms with Gasteiger partial charge in [0.2, 0.25) is 17.0 Å². The van der Waals surface area contributed by atoms with E-state index < -0.39 is 4.92 Å². The van der Waals surface area contributed by atoms with Crippen LogP contribution in [-0.2, 0) is 4.79 Å². The van der Waals surface area contributed by atoms with E-state index in [0.29, 0.717) is 0 Å². The van der Waals surface area contributed by atoms with Gasteiger partial charge < -0.3 is 10.2 Å². The van der Waals surface area contributed by atoms with E-state index in [1.807, 2.05) is 0 Å². The lowest BCUT2D eigenvalue weighted by atomic mass is 9.85. The van der Waals surface area contributed by atoms with Crippen LogP contribution in [0.5, 0.6) is 0 Å². The number of halogens is 1. The monoisotopic (exact) mass is 327 g/mol. The average Bonchev–Trinajstić information content (AvgIpc) is 2.47. The van der Waals surface area contributed by atoms with Crippen LogP contribution in [0.1, 0.15) is 25.7 Å². The number of nitrogens with one attached hydrogen (secondary N) is 1. The molecule has 0 unspecified atom stereocenters. The Morgan fingerprint density at radius 3 is 2.59 bits per heavy atom. The van der Waals surface area contributed by atoms with Crippen LogP contribution in [-0.4, -0.2) is 45.8 Å². The van der Waals surface area contributed by atoms with Crippen molar-refractivity contribution in [2.75, 3.05) is 19.4 Å². The van der Waals surface area contributed by atoms with Crippen LogP contribution in [0.2, 0.25) is 5.28 Å². The summed E-state index contributed by atoms with van der Waals surface area (Å²) in [6.07, 6.45) is 4.10. The SMILES string of the molecule is CN(C)C(=O)C1CCC(Nc2nc(Cl)ncc2[N+](=O)[O-])CC1. The minimum atomic E-state index is -0.542. The van der Waals surface area contributed by atoms with Gasteiger partial charge in [0.05, 0.1) is 4.92 Å². The third-order valence-corrected chi connectivity index (χ3v) is 3.98. The number of hydrogen-bond donors (Lipinski definition) is 1. The predicted octanol–water partition coefficient (Wildman–Crippen LogP) is 2.10. The lowest BCUT2D eigenvalue weighted by Gasteiger charge is -2.30. The zero-order valence-electron chi connectivity index (χ0n) is 12.5. The molecule has 1 N–H and O–H groups in total. The van der Waals surface area contributed by atoms with Crippen LogP contribution in [0.15, 0.2) is 6.20 Å². The zero-order valence-corrected chi connectivity index (χ0v) is 13.2. The van der Waals surface area contributed by atoms with Gasteiger partial charge in [-0.05, 0) is 37.3 Å². The van der Waals surface area contributed by atoms with E-state index >= 15 is 0 Å². The third kappa shape index (κ3) is 3.82. The number of hydrogen-bond acceptors (Lipinski definition) is 6. The summed E-state index contributed by atoms with van der Waals surface area (Å²) in [5.41, 5.74) is -0.198. The number of nitro groups is 1. The Morgan fingerprint density at radius 1 is 1.41 bits per heavy atom. The van der Waals surface area contributed by atoms with Crippen molar-refractivity contribution in [1.29, 1.82) is 0 Å². The van der Waals surface area contributed by atoms with Gasteiger partial charge in [0.1, 0.15) is 6.20 Å². The van der Waals surface area contributed by atoms with Crippen LogP contribution in [0, 0.1) is 16.0 Å². The van der Waals surface area contributed by atoms with Gasteiger partial charge in [0, 0.05) is 26.1 Å². The van der Waals surface area contributed by atoms with Crippen LogP contribution in [0.4, 0.5) is 11.5 Å². The second-order valence-corrected chi connectivity index (χ2v) is 5.89. The Bertz CT molecular complexity index is 573. The number of carbonyl (C=O) groups excluding carboxylic acids is 1. The summed E-state index contributed by atoms with van der Waals surface area (Å²) < 4.78 is 0. The maximum absolute atomic E-state index is 11.9. The molecule has 1 aromatic rings. The summed E-state index contributed by atoms with van der Waals surface area (Å²) in [7, 11) is 3.50. The molecule has 0 radical (unpaired) electrons. The van der Waals surface area contributed by atoms with E-state index in [2.05, 4.69) is 15.3 Å². The van der Waals surface area contributed by atoms with Crippen molar-refractivity contribution in [2.45, 2.75) is 31.7 Å². The quantitative estimate of drug-likeness (QED) is 0.516. The molecule has 0 aliphatic heterocycles. The van der Waals surface area contributed by atoms with Crippen molar-refractivity contribution in [3.05, 3.63) is 21.6 Å². The second-order valence-electron chi connectivity index (χ2n) is 5.56. The van der Waals surface area contributed by atoms with E-state index in [0.717, 1.165) is 31.9 Å². The Morgan fingerprint density at radius 2 is 2.05 bits per heavy atom. The molecule has 0 aromatic carbocycles. The highest BCUT2D eigenvalue weighted by Gasteiger charge is 2.28. The molecule has 1 aromatic heterocycles. The van der Waals surface area contributed by atoms with Crippen molar-refractivity contribution in [3.8, 4) is 0 Å². The molecule has 0 bridgehead atoms. The molecule has 1 amide bonds. The highest BCUT2D eigenvalue weighted by atomic mass is 35.5. The second kappa shape index (κ2) is 6.87. The van der Waals surface area contributed by atoms with E-state index in [9.17, 15) is 14.9 Å². The van der Waals surface area contributed by atoms with Crippen molar-refractivity contribution < 1.29 is 9.72 Å². The molecule has 22 heavy (non-hydrogen) atoms. The van der Waals surface area contributed by atoms with E-state index in [1.165, 1.54) is 0 Å². The van der Waals surface area contributed by atoms with Gasteiger partial charge in [-0.2, -0.15) is 4.98 Å². The Hall–Kier alpha value is -1.96. The zero-order chi connectivity index (χ0) is 16.3. The topological polar surface area (TPSA) is 101 Å². The molecule has 1 fully saturated rings. The highest BCUT2D eigenvalue weighted by molar-refractivity contribution is 6.28. The first-order chi connectivity index (χ1) is 10.4. The van der Waals surface area contributed by atoms with Crippen LogP contribution in [0.3, 0.4) is 0 Å². The Kier molecular flexibility index (Phi) is 5.12. The summed E-state index contributed by atoms with van der Waals surface area (Å²) in [6.45, 7) is 0. The van der Waals surface area contributed by atoms with Crippen LogP contribution >= 0.6 is 11.6 Å². The predicted molar refractivity (Wildman–Crippen MR) is 81.8 cm³/mol. The fourth-order valence-corrected chi connectivity index (χ4v) is 2.77. The molecule has 1 heterocycles. The normalized spacial score (nSPS) is 21.2. The maximum atomic E-state index is 11.9. The highest BCUT2D eigenvalue weighted by Crippen LogP contribution is 2.30. The molecule has 0 saturated heterocycles. The number of carbonyl (C=O) groups is 1.